The van der Waals surface area contributed by atoms with Gasteiger partial charge in [0, 0.05) is 22.8 Å². The van der Waals surface area contributed by atoms with Crippen LogP contribution in [0.4, 0.5) is 0 Å². The zero-order valence-corrected chi connectivity index (χ0v) is 11.6. The van der Waals surface area contributed by atoms with Crippen molar-refractivity contribution in [1.82, 2.24) is 10.3 Å². The van der Waals surface area contributed by atoms with Crippen LogP contribution in [0.5, 0.6) is 0 Å². The molecule has 0 saturated heterocycles. The molecule has 0 fully saturated rings. The lowest BCUT2D eigenvalue weighted by Gasteiger charge is -2.22. The maximum atomic E-state index is 10.3. The van der Waals surface area contributed by atoms with Crippen LogP contribution in [0.1, 0.15) is 22.4 Å². The average molecular weight is 268 g/mol. The summed E-state index contributed by atoms with van der Waals surface area (Å²) in [5.74, 6) is 0. The quantitative estimate of drug-likeness (QED) is 0.876. The van der Waals surface area contributed by atoms with E-state index < -0.39 is 5.60 Å². The van der Waals surface area contributed by atoms with Crippen molar-refractivity contribution in [2.45, 2.75) is 26.0 Å². The van der Waals surface area contributed by atoms with Gasteiger partial charge in [0.15, 0.2) is 0 Å². The first-order chi connectivity index (χ1) is 8.09. The molecule has 0 aliphatic carbocycles. The van der Waals surface area contributed by atoms with Gasteiger partial charge in [-0.1, -0.05) is 6.07 Å². The molecule has 1 unspecified atom stereocenters. The third kappa shape index (κ3) is 3.13. The number of thiophene rings is 1. The van der Waals surface area contributed by atoms with Crippen molar-refractivity contribution in [2.75, 3.05) is 6.54 Å². The molecule has 5 heteroatoms. The molecule has 0 aromatic carbocycles. The van der Waals surface area contributed by atoms with Crippen molar-refractivity contribution in [1.29, 1.82) is 0 Å². The number of thiazole rings is 1. The van der Waals surface area contributed by atoms with E-state index in [0.29, 0.717) is 6.54 Å². The van der Waals surface area contributed by atoms with E-state index in [1.54, 1.807) is 22.7 Å². The normalized spacial score (nSPS) is 14.8. The second kappa shape index (κ2) is 5.27. The van der Waals surface area contributed by atoms with Crippen LogP contribution in [0.15, 0.2) is 23.0 Å². The molecular formula is C12H16N2OS2. The molecule has 0 saturated carbocycles. The van der Waals surface area contributed by atoms with Gasteiger partial charge in [-0.3, -0.25) is 0 Å². The van der Waals surface area contributed by atoms with E-state index >= 15 is 0 Å². The van der Waals surface area contributed by atoms with Crippen LogP contribution < -0.4 is 5.32 Å². The highest BCUT2D eigenvalue weighted by molar-refractivity contribution is 7.10. The van der Waals surface area contributed by atoms with E-state index in [1.807, 2.05) is 36.9 Å². The van der Waals surface area contributed by atoms with Crippen LogP contribution in [0.25, 0.3) is 0 Å². The Bertz CT molecular complexity index is 463. The SMILES string of the molecule is Cc1ncsc1CNCC(C)(O)c1cccs1. The molecule has 0 bridgehead atoms. The van der Waals surface area contributed by atoms with Crippen molar-refractivity contribution in [3.05, 3.63) is 38.5 Å². The third-order valence-corrected chi connectivity index (χ3v) is 4.71. The summed E-state index contributed by atoms with van der Waals surface area (Å²) >= 11 is 3.23. The minimum absolute atomic E-state index is 0.546. The first-order valence-electron chi connectivity index (χ1n) is 5.45. The van der Waals surface area contributed by atoms with Gasteiger partial charge in [-0.25, -0.2) is 4.98 Å². The molecule has 2 rings (SSSR count). The lowest BCUT2D eigenvalue weighted by molar-refractivity contribution is 0.0605. The Morgan fingerprint density at radius 1 is 1.47 bits per heavy atom. The molecule has 2 N–H and O–H groups in total. The van der Waals surface area contributed by atoms with Gasteiger partial charge in [0.2, 0.25) is 0 Å². The molecule has 2 aromatic heterocycles. The number of aromatic nitrogens is 1. The van der Waals surface area contributed by atoms with E-state index in [2.05, 4.69) is 10.3 Å². The van der Waals surface area contributed by atoms with Gasteiger partial charge in [-0.15, -0.1) is 22.7 Å². The van der Waals surface area contributed by atoms with Crippen LogP contribution in [0, 0.1) is 6.92 Å². The summed E-state index contributed by atoms with van der Waals surface area (Å²) in [5, 5.41) is 15.6. The van der Waals surface area contributed by atoms with Crippen LogP contribution in [0.2, 0.25) is 0 Å². The molecule has 0 radical (unpaired) electrons. The summed E-state index contributed by atoms with van der Waals surface area (Å²) in [6.45, 7) is 5.15. The highest BCUT2D eigenvalue weighted by Crippen LogP contribution is 2.24. The van der Waals surface area contributed by atoms with Gasteiger partial charge >= 0.3 is 0 Å². The highest BCUT2D eigenvalue weighted by Gasteiger charge is 2.23. The molecule has 0 spiro atoms. The number of hydrogen-bond donors (Lipinski definition) is 2. The molecule has 2 heterocycles. The molecule has 3 nitrogen and oxygen atoms in total. The topological polar surface area (TPSA) is 45.2 Å². The van der Waals surface area contributed by atoms with Crippen LogP contribution in [-0.2, 0) is 12.1 Å². The lowest BCUT2D eigenvalue weighted by atomic mass is 10.1. The zero-order valence-electron chi connectivity index (χ0n) is 9.93. The fourth-order valence-electron chi connectivity index (χ4n) is 1.59. The van der Waals surface area contributed by atoms with Gasteiger partial charge in [0.25, 0.3) is 0 Å². The van der Waals surface area contributed by atoms with E-state index in [0.717, 1.165) is 17.1 Å². The van der Waals surface area contributed by atoms with Gasteiger partial charge in [-0.2, -0.15) is 0 Å². The van der Waals surface area contributed by atoms with Crippen molar-refractivity contribution in [3.63, 3.8) is 0 Å². The predicted octanol–water partition coefficient (Wildman–Crippen LogP) is 2.51. The van der Waals surface area contributed by atoms with E-state index in [9.17, 15) is 5.11 Å². The van der Waals surface area contributed by atoms with Gasteiger partial charge in [-0.05, 0) is 25.3 Å². The molecule has 0 aliphatic heterocycles. The fourth-order valence-corrected chi connectivity index (χ4v) is 3.12. The third-order valence-electron chi connectivity index (χ3n) is 2.65. The summed E-state index contributed by atoms with van der Waals surface area (Å²) in [7, 11) is 0. The summed E-state index contributed by atoms with van der Waals surface area (Å²) in [4.78, 5) is 6.42. The maximum absolute atomic E-state index is 10.3. The predicted molar refractivity (Wildman–Crippen MR) is 72.4 cm³/mol. The molecular weight excluding hydrogens is 252 g/mol. The lowest BCUT2D eigenvalue weighted by Crippen LogP contribution is -2.34. The molecule has 0 aliphatic rings. The highest BCUT2D eigenvalue weighted by atomic mass is 32.1. The summed E-state index contributed by atoms with van der Waals surface area (Å²) < 4.78 is 0. The first-order valence-corrected chi connectivity index (χ1v) is 7.21. The molecule has 92 valence electrons. The van der Waals surface area contributed by atoms with E-state index in [-0.39, 0.29) is 0 Å². The van der Waals surface area contributed by atoms with Crippen LogP contribution in [-0.4, -0.2) is 16.6 Å². The zero-order chi connectivity index (χ0) is 12.3. The standard InChI is InChI=1S/C12H16N2OS2/c1-9-10(17-8-14-9)6-13-7-12(2,15)11-4-3-5-16-11/h3-5,8,13,15H,6-7H2,1-2H3. The second-order valence-electron chi connectivity index (χ2n) is 4.22. The maximum Gasteiger partial charge on any atom is 0.108 e. The number of nitrogens with one attached hydrogen (secondary N) is 1. The fraction of sp³-hybridized carbons (Fsp3) is 0.417. The van der Waals surface area contributed by atoms with Crippen molar-refractivity contribution in [3.8, 4) is 0 Å². The summed E-state index contributed by atoms with van der Waals surface area (Å²) in [6, 6.07) is 3.92. The average Bonchev–Trinajstić information content (AvgIpc) is 2.90. The Balaban J connectivity index is 1.88. The van der Waals surface area contributed by atoms with Crippen LogP contribution >= 0.6 is 22.7 Å². The van der Waals surface area contributed by atoms with E-state index in [1.165, 1.54) is 4.88 Å². The van der Waals surface area contributed by atoms with Crippen LogP contribution in [0.3, 0.4) is 0 Å². The van der Waals surface area contributed by atoms with Crippen molar-refractivity contribution in [2.24, 2.45) is 0 Å². The minimum atomic E-state index is -0.799. The van der Waals surface area contributed by atoms with Gasteiger partial charge in [0.05, 0.1) is 11.2 Å². The Morgan fingerprint density at radius 3 is 2.88 bits per heavy atom. The number of nitrogens with zero attached hydrogens (tertiary/aromatic N) is 1. The number of hydrogen-bond acceptors (Lipinski definition) is 5. The van der Waals surface area contributed by atoms with Crippen molar-refractivity contribution >= 4 is 22.7 Å². The second-order valence-corrected chi connectivity index (χ2v) is 6.10. The Kier molecular flexibility index (Phi) is 3.93. The monoisotopic (exact) mass is 268 g/mol. The van der Waals surface area contributed by atoms with E-state index in [4.69, 9.17) is 0 Å². The number of aliphatic hydroxyl groups is 1. The molecule has 0 amide bonds. The molecule has 17 heavy (non-hydrogen) atoms. The summed E-state index contributed by atoms with van der Waals surface area (Å²) in [5.41, 5.74) is 2.12. The number of rotatable bonds is 5. The molecule has 2 aromatic rings. The Labute approximate surface area is 109 Å². The van der Waals surface area contributed by atoms with Gasteiger partial charge < -0.3 is 10.4 Å². The van der Waals surface area contributed by atoms with Gasteiger partial charge in [0.1, 0.15) is 5.60 Å². The number of aryl methyl sites for hydroxylation is 1. The Morgan fingerprint density at radius 2 is 2.29 bits per heavy atom. The van der Waals surface area contributed by atoms with Crippen molar-refractivity contribution < 1.29 is 5.11 Å². The summed E-state index contributed by atoms with van der Waals surface area (Å²) in [6.07, 6.45) is 0. The largest absolute Gasteiger partial charge is 0.383 e. The molecule has 1 atom stereocenters. The minimum Gasteiger partial charge on any atom is -0.383 e. The Hall–Kier alpha value is -0.750. The smallest absolute Gasteiger partial charge is 0.108 e. The first kappa shape index (κ1) is 12.7.